The molecule has 1 saturated carbocycles. The molecule has 5 atom stereocenters. The van der Waals surface area contributed by atoms with Crippen molar-refractivity contribution in [2.75, 3.05) is 13.7 Å². The number of methoxy groups -OCH3 is 1. The molecule has 158 valence electrons. The zero-order valence-electron chi connectivity index (χ0n) is 15.8. The number of aliphatic hydroxyl groups is 4. The van der Waals surface area contributed by atoms with Gasteiger partial charge in [-0.2, -0.15) is 0 Å². The van der Waals surface area contributed by atoms with Crippen molar-refractivity contribution in [1.82, 2.24) is 0 Å². The summed E-state index contributed by atoms with van der Waals surface area (Å²) in [5, 5.41) is 39.2. The molecule has 0 radical (unpaired) electrons. The van der Waals surface area contributed by atoms with Gasteiger partial charge in [0.15, 0.2) is 6.10 Å². The fourth-order valence-corrected chi connectivity index (χ4v) is 3.53. The summed E-state index contributed by atoms with van der Waals surface area (Å²) in [4.78, 5) is 0. The maximum Gasteiger partial charge on any atom is 0.294 e. The minimum atomic E-state index is -3.76. The average molecular weight is 410 g/mol. The van der Waals surface area contributed by atoms with Crippen LogP contribution < -0.4 is 9.47 Å². The average Bonchev–Trinajstić information content (AvgIpc) is 2.71. The van der Waals surface area contributed by atoms with E-state index < -0.39 is 42.9 Å². The summed E-state index contributed by atoms with van der Waals surface area (Å²) in [7, 11) is 1.55. The van der Waals surface area contributed by atoms with Gasteiger partial charge in [0.25, 0.3) is 5.92 Å². The molecule has 3 rings (SSSR count). The van der Waals surface area contributed by atoms with Crippen LogP contribution in [0.5, 0.6) is 11.5 Å². The molecule has 0 aromatic heterocycles. The maximum absolute atomic E-state index is 14.8. The highest BCUT2D eigenvalue weighted by atomic mass is 19.3. The molecular weight excluding hydrogens is 386 g/mol. The van der Waals surface area contributed by atoms with Gasteiger partial charge < -0.3 is 29.9 Å². The first-order valence-electron chi connectivity index (χ1n) is 9.20. The van der Waals surface area contributed by atoms with Gasteiger partial charge in [-0.3, -0.25) is 0 Å². The van der Waals surface area contributed by atoms with Gasteiger partial charge in [0, 0.05) is 6.42 Å². The van der Waals surface area contributed by atoms with Crippen molar-refractivity contribution in [2.45, 2.75) is 36.8 Å². The summed E-state index contributed by atoms with van der Waals surface area (Å²) in [6, 6.07) is 13.8. The van der Waals surface area contributed by atoms with Crippen molar-refractivity contribution in [2.24, 2.45) is 5.92 Å². The number of halogens is 2. The molecule has 0 amide bonds. The van der Waals surface area contributed by atoms with E-state index in [0.29, 0.717) is 17.7 Å². The van der Waals surface area contributed by atoms with Crippen LogP contribution in [-0.2, 0) is 6.42 Å². The molecule has 4 N–H and O–H groups in total. The second kappa shape index (κ2) is 8.62. The lowest BCUT2D eigenvalue weighted by Gasteiger charge is -2.45. The van der Waals surface area contributed by atoms with E-state index in [-0.39, 0.29) is 5.75 Å². The molecule has 6 nitrogen and oxygen atoms in total. The van der Waals surface area contributed by atoms with Crippen LogP contribution in [0, 0.1) is 5.92 Å². The number of para-hydroxylation sites is 1. The van der Waals surface area contributed by atoms with Crippen molar-refractivity contribution >= 4 is 0 Å². The molecule has 0 heterocycles. The van der Waals surface area contributed by atoms with Crippen LogP contribution in [0.25, 0.3) is 0 Å². The van der Waals surface area contributed by atoms with Gasteiger partial charge in [-0.15, -0.1) is 0 Å². The zero-order chi connectivity index (χ0) is 21.2. The normalized spacial score (nSPS) is 28.7. The van der Waals surface area contributed by atoms with E-state index in [1.807, 2.05) is 12.1 Å². The van der Waals surface area contributed by atoms with Crippen molar-refractivity contribution in [3.8, 4) is 11.5 Å². The third kappa shape index (κ3) is 4.20. The topological polar surface area (TPSA) is 99.4 Å². The molecule has 0 saturated heterocycles. The van der Waals surface area contributed by atoms with E-state index in [1.54, 1.807) is 37.4 Å². The summed E-state index contributed by atoms with van der Waals surface area (Å²) in [6.45, 7) is -1.06. The number of ether oxygens (including phenoxy) is 2. The summed E-state index contributed by atoms with van der Waals surface area (Å²) in [5.74, 6) is -4.92. The largest absolute Gasteiger partial charge is 0.497 e. The summed E-state index contributed by atoms with van der Waals surface area (Å²) >= 11 is 0. The predicted octanol–water partition coefficient (Wildman–Crippen LogP) is 1.37. The van der Waals surface area contributed by atoms with Crippen LogP contribution in [0.4, 0.5) is 8.78 Å². The highest BCUT2D eigenvalue weighted by Gasteiger charge is 2.62. The van der Waals surface area contributed by atoms with E-state index >= 15 is 0 Å². The maximum atomic E-state index is 14.8. The number of aliphatic hydroxyl groups excluding tert-OH is 4. The molecule has 1 fully saturated rings. The minimum Gasteiger partial charge on any atom is -0.497 e. The Bertz CT molecular complexity index is 813. The molecule has 1 aliphatic rings. The van der Waals surface area contributed by atoms with E-state index in [1.165, 1.54) is 6.07 Å². The van der Waals surface area contributed by atoms with Gasteiger partial charge in [-0.05, 0) is 29.3 Å². The molecule has 2 aromatic rings. The quantitative estimate of drug-likeness (QED) is 0.574. The third-order valence-electron chi connectivity index (χ3n) is 5.27. The highest BCUT2D eigenvalue weighted by molar-refractivity contribution is 5.39. The van der Waals surface area contributed by atoms with Crippen molar-refractivity contribution in [1.29, 1.82) is 0 Å². The number of rotatable bonds is 6. The molecule has 5 unspecified atom stereocenters. The molecule has 0 aliphatic heterocycles. The lowest BCUT2D eigenvalue weighted by atomic mass is 9.78. The Morgan fingerprint density at radius 1 is 0.931 bits per heavy atom. The van der Waals surface area contributed by atoms with Crippen LogP contribution >= 0.6 is 0 Å². The first kappa shape index (κ1) is 21.4. The van der Waals surface area contributed by atoms with Crippen LogP contribution in [0.2, 0.25) is 0 Å². The number of hydrogen-bond donors (Lipinski definition) is 4. The van der Waals surface area contributed by atoms with Gasteiger partial charge in [0.2, 0.25) is 0 Å². The van der Waals surface area contributed by atoms with E-state index in [0.717, 1.165) is 5.56 Å². The van der Waals surface area contributed by atoms with Crippen LogP contribution in [0.15, 0.2) is 48.5 Å². The van der Waals surface area contributed by atoms with Crippen molar-refractivity contribution in [3.05, 3.63) is 59.7 Å². The fourth-order valence-electron chi connectivity index (χ4n) is 3.53. The second-order valence-corrected chi connectivity index (χ2v) is 7.11. The summed E-state index contributed by atoms with van der Waals surface area (Å²) < 4.78 is 40.2. The molecule has 0 bridgehead atoms. The first-order chi connectivity index (χ1) is 13.8. The van der Waals surface area contributed by atoms with Gasteiger partial charge in [0.05, 0.1) is 25.7 Å². The Kier molecular flexibility index (Phi) is 6.38. The Labute approximate surface area is 167 Å². The van der Waals surface area contributed by atoms with Crippen LogP contribution in [-0.4, -0.2) is 64.5 Å². The molecule has 0 spiro atoms. The molecule has 1 aliphatic carbocycles. The van der Waals surface area contributed by atoms with Crippen LogP contribution in [0.3, 0.4) is 0 Å². The second-order valence-electron chi connectivity index (χ2n) is 7.11. The Morgan fingerprint density at radius 2 is 1.59 bits per heavy atom. The molecular formula is C21H24F2O6. The zero-order valence-corrected chi connectivity index (χ0v) is 15.8. The minimum absolute atomic E-state index is 0.118. The Morgan fingerprint density at radius 3 is 2.21 bits per heavy atom. The fraction of sp³-hybridized carbons (Fsp3) is 0.429. The predicted molar refractivity (Wildman–Crippen MR) is 100 cm³/mol. The SMILES string of the molecule is COc1ccc(Cc2ccccc2OC2C(O)C(O)C(O)C(CO)C2(F)F)cc1. The molecule has 8 heteroatoms. The first-order valence-corrected chi connectivity index (χ1v) is 9.20. The standard InChI is InChI=1S/C21H24F2O6/c1-28-14-8-6-12(7-9-14)10-13-4-2-3-5-16(13)29-20-19(27)18(26)17(25)15(11-24)21(20,22)23/h2-9,15,17-20,24-27H,10-11H2,1H3. The molecule has 29 heavy (non-hydrogen) atoms. The van der Waals surface area contributed by atoms with Crippen LogP contribution in [0.1, 0.15) is 11.1 Å². The highest BCUT2D eigenvalue weighted by Crippen LogP contribution is 2.41. The lowest BCUT2D eigenvalue weighted by Crippen LogP contribution is -2.67. The number of benzene rings is 2. The number of hydrogen-bond acceptors (Lipinski definition) is 6. The third-order valence-corrected chi connectivity index (χ3v) is 5.27. The van der Waals surface area contributed by atoms with Crippen molar-refractivity contribution in [3.63, 3.8) is 0 Å². The lowest BCUT2D eigenvalue weighted by molar-refractivity contribution is -0.266. The smallest absolute Gasteiger partial charge is 0.294 e. The number of alkyl halides is 2. The summed E-state index contributed by atoms with van der Waals surface area (Å²) in [6.07, 6.45) is -7.62. The van der Waals surface area contributed by atoms with Crippen molar-refractivity contribution < 1.29 is 38.7 Å². The molecule has 2 aromatic carbocycles. The summed E-state index contributed by atoms with van der Waals surface area (Å²) in [5.41, 5.74) is 1.49. The van der Waals surface area contributed by atoms with Gasteiger partial charge >= 0.3 is 0 Å². The van der Waals surface area contributed by atoms with E-state index in [2.05, 4.69) is 0 Å². The van der Waals surface area contributed by atoms with Gasteiger partial charge in [-0.25, -0.2) is 8.78 Å². The Balaban J connectivity index is 1.87. The monoisotopic (exact) mass is 410 g/mol. The van der Waals surface area contributed by atoms with Gasteiger partial charge in [0.1, 0.15) is 23.7 Å². The van der Waals surface area contributed by atoms with Gasteiger partial charge in [-0.1, -0.05) is 30.3 Å². The van der Waals surface area contributed by atoms with E-state index in [9.17, 15) is 29.2 Å². The van der Waals surface area contributed by atoms with E-state index in [4.69, 9.17) is 9.47 Å². The Hall–Kier alpha value is -2.26.